The Bertz CT molecular complexity index is 622. The molecule has 1 saturated carbocycles. The number of aliphatic imine (C=N–C) groups is 1. The highest BCUT2D eigenvalue weighted by atomic mass is 127. The maximum Gasteiger partial charge on any atom is 0.223 e. The van der Waals surface area contributed by atoms with Crippen molar-refractivity contribution in [1.29, 1.82) is 0 Å². The van der Waals surface area contributed by atoms with E-state index in [2.05, 4.69) is 20.9 Å². The van der Waals surface area contributed by atoms with E-state index in [4.69, 9.17) is 9.47 Å². The summed E-state index contributed by atoms with van der Waals surface area (Å²) in [4.78, 5) is 16.1. The topological polar surface area (TPSA) is 84.0 Å². The highest BCUT2D eigenvalue weighted by Crippen LogP contribution is 2.30. The lowest BCUT2D eigenvalue weighted by Gasteiger charge is -2.25. The lowest BCUT2D eigenvalue weighted by atomic mass is 10.2. The third-order valence-corrected chi connectivity index (χ3v) is 4.03. The van der Waals surface area contributed by atoms with Crippen LogP contribution in [-0.2, 0) is 4.79 Å². The van der Waals surface area contributed by atoms with Gasteiger partial charge in [0.25, 0.3) is 0 Å². The van der Waals surface area contributed by atoms with Crippen molar-refractivity contribution < 1.29 is 14.3 Å². The quantitative estimate of drug-likeness (QED) is 0.242. The molecule has 1 amide bonds. The van der Waals surface area contributed by atoms with Crippen molar-refractivity contribution in [1.82, 2.24) is 16.0 Å². The van der Waals surface area contributed by atoms with Crippen molar-refractivity contribution >= 4 is 35.8 Å². The smallest absolute Gasteiger partial charge is 0.223 e. The predicted octanol–water partition coefficient (Wildman–Crippen LogP) is 1.53. The number of halogens is 1. The third kappa shape index (κ3) is 6.22. The number of carbonyl (C=O) groups is 1. The molecule has 1 unspecified atom stereocenters. The van der Waals surface area contributed by atoms with Gasteiger partial charge < -0.3 is 25.4 Å². The molecule has 1 aliphatic heterocycles. The van der Waals surface area contributed by atoms with Crippen molar-refractivity contribution in [3.63, 3.8) is 0 Å². The van der Waals surface area contributed by atoms with Gasteiger partial charge in [-0.05, 0) is 31.9 Å². The molecule has 1 fully saturated rings. The van der Waals surface area contributed by atoms with Gasteiger partial charge in [-0.25, -0.2) is 4.99 Å². The monoisotopic (exact) mass is 474 g/mol. The summed E-state index contributed by atoms with van der Waals surface area (Å²) in [6, 6.07) is 7.65. The summed E-state index contributed by atoms with van der Waals surface area (Å²) in [5.74, 6) is 2.66. The molecule has 8 heteroatoms. The maximum absolute atomic E-state index is 11.6. The lowest BCUT2D eigenvalue weighted by molar-refractivity contribution is -0.122. The number of nitrogens with zero attached hydrogens (tertiary/aromatic N) is 1. The Labute approximate surface area is 171 Å². The first-order valence-corrected chi connectivity index (χ1v) is 8.94. The molecular formula is C18H27IN4O3. The molecule has 3 rings (SSSR count). The van der Waals surface area contributed by atoms with Crippen LogP contribution in [0.2, 0.25) is 0 Å². The number of guanidine groups is 1. The molecule has 1 aromatic rings. The summed E-state index contributed by atoms with van der Waals surface area (Å²) < 4.78 is 11.6. The van der Waals surface area contributed by atoms with E-state index in [0.717, 1.165) is 30.9 Å². The molecule has 1 atom stereocenters. The van der Waals surface area contributed by atoms with Gasteiger partial charge in [0.05, 0.1) is 6.54 Å². The zero-order valence-corrected chi connectivity index (χ0v) is 17.3. The molecule has 2 aliphatic rings. The number of benzene rings is 1. The molecule has 0 aromatic heterocycles. The van der Waals surface area contributed by atoms with Crippen LogP contribution in [0.15, 0.2) is 29.3 Å². The Kier molecular flexibility index (Phi) is 8.27. The molecular weight excluding hydrogens is 447 g/mol. The number of fused-ring (bicyclic) bond motifs is 1. The van der Waals surface area contributed by atoms with Crippen molar-refractivity contribution in [3.8, 4) is 11.5 Å². The van der Waals surface area contributed by atoms with Crippen LogP contribution in [0.5, 0.6) is 11.5 Å². The standard InChI is InChI=1S/C18H26N4O3.HI/c1-2-19-18(21-10-9-20-17(23)13-7-8-13)22-11-14-12-24-15-5-3-4-6-16(15)25-14;/h3-6,13-14H,2,7-12H2,1H3,(H,20,23)(H2,19,21,22);1H. The second-order valence-electron chi connectivity index (χ2n) is 6.21. The molecule has 0 bridgehead atoms. The number of rotatable bonds is 7. The molecule has 26 heavy (non-hydrogen) atoms. The molecule has 144 valence electrons. The van der Waals surface area contributed by atoms with E-state index in [1.165, 1.54) is 0 Å². The second-order valence-corrected chi connectivity index (χ2v) is 6.21. The number of nitrogens with one attached hydrogen (secondary N) is 3. The summed E-state index contributed by atoms with van der Waals surface area (Å²) in [7, 11) is 0. The summed E-state index contributed by atoms with van der Waals surface area (Å²) in [5.41, 5.74) is 0. The maximum atomic E-state index is 11.6. The van der Waals surface area contributed by atoms with Crippen molar-refractivity contribution in [2.24, 2.45) is 10.9 Å². The number of amides is 1. The zero-order chi connectivity index (χ0) is 17.5. The number of hydrogen-bond acceptors (Lipinski definition) is 4. The Morgan fingerprint density at radius 2 is 1.88 bits per heavy atom. The van der Waals surface area contributed by atoms with E-state index in [-0.39, 0.29) is 41.9 Å². The minimum Gasteiger partial charge on any atom is -0.486 e. The summed E-state index contributed by atoms with van der Waals surface area (Å²) in [6.45, 7) is 4.99. The fourth-order valence-electron chi connectivity index (χ4n) is 2.54. The normalized spacial score (nSPS) is 18.5. The number of para-hydroxylation sites is 2. The molecule has 1 heterocycles. The van der Waals surface area contributed by atoms with Gasteiger partial charge in [0.2, 0.25) is 5.91 Å². The van der Waals surface area contributed by atoms with Crippen LogP contribution >= 0.6 is 24.0 Å². The number of carbonyl (C=O) groups excluding carboxylic acids is 1. The molecule has 1 aromatic carbocycles. The van der Waals surface area contributed by atoms with Crippen molar-refractivity contribution in [2.75, 3.05) is 32.8 Å². The van der Waals surface area contributed by atoms with Gasteiger partial charge in [0.15, 0.2) is 23.6 Å². The second kappa shape index (κ2) is 10.4. The van der Waals surface area contributed by atoms with Crippen LogP contribution in [0.1, 0.15) is 19.8 Å². The molecule has 1 aliphatic carbocycles. The molecule has 0 saturated heterocycles. The van der Waals surface area contributed by atoms with Gasteiger partial charge in [-0.2, -0.15) is 0 Å². The Hall–Kier alpha value is -1.71. The van der Waals surface area contributed by atoms with E-state index in [0.29, 0.717) is 32.2 Å². The predicted molar refractivity (Wildman–Crippen MR) is 111 cm³/mol. The van der Waals surface area contributed by atoms with E-state index in [1.807, 2.05) is 31.2 Å². The van der Waals surface area contributed by atoms with E-state index < -0.39 is 0 Å². The van der Waals surface area contributed by atoms with Gasteiger partial charge in [-0.15, -0.1) is 24.0 Å². The summed E-state index contributed by atoms with van der Waals surface area (Å²) in [5, 5.41) is 9.35. The molecule has 7 nitrogen and oxygen atoms in total. The summed E-state index contributed by atoms with van der Waals surface area (Å²) >= 11 is 0. The van der Waals surface area contributed by atoms with Crippen molar-refractivity contribution in [3.05, 3.63) is 24.3 Å². The van der Waals surface area contributed by atoms with E-state index in [9.17, 15) is 4.79 Å². The largest absolute Gasteiger partial charge is 0.486 e. The number of ether oxygens (including phenoxy) is 2. The first-order valence-electron chi connectivity index (χ1n) is 8.94. The van der Waals surface area contributed by atoms with Crippen LogP contribution in [0, 0.1) is 5.92 Å². The van der Waals surface area contributed by atoms with Gasteiger partial charge in [0.1, 0.15) is 6.61 Å². The highest BCUT2D eigenvalue weighted by molar-refractivity contribution is 14.0. The number of hydrogen-bond donors (Lipinski definition) is 3. The minimum absolute atomic E-state index is 0. The average Bonchev–Trinajstić information content (AvgIpc) is 3.48. The minimum atomic E-state index is -0.111. The SMILES string of the molecule is CCNC(=NCC1COc2ccccc2O1)NCCNC(=O)C1CC1.I. The fourth-order valence-corrected chi connectivity index (χ4v) is 2.54. The fraction of sp³-hybridized carbons (Fsp3) is 0.556. The highest BCUT2D eigenvalue weighted by Gasteiger charge is 2.29. The van der Waals surface area contributed by atoms with Crippen LogP contribution in [0.25, 0.3) is 0 Å². The molecule has 0 spiro atoms. The first-order chi connectivity index (χ1) is 12.3. The first kappa shape index (κ1) is 20.6. The third-order valence-electron chi connectivity index (χ3n) is 4.03. The zero-order valence-electron chi connectivity index (χ0n) is 15.0. The molecule has 0 radical (unpaired) electrons. The van der Waals surface area contributed by atoms with Crippen molar-refractivity contribution in [2.45, 2.75) is 25.9 Å². The van der Waals surface area contributed by atoms with E-state index in [1.54, 1.807) is 0 Å². The average molecular weight is 474 g/mol. The Morgan fingerprint density at radius 3 is 2.62 bits per heavy atom. The van der Waals surface area contributed by atoms with Gasteiger partial charge in [-0.1, -0.05) is 12.1 Å². The Balaban J connectivity index is 0.00000243. The van der Waals surface area contributed by atoms with Gasteiger partial charge in [-0.3, -0.25) is 4.79 Å². The van der Waals surface area contributed by atoms with Crippen LogP contribution in [0.3, 0.4) is 0 Å². The van der Waals surface area contributed by atoms with E-state index >= 15 is 0 Å². The van der Waals surface area contributed by atoms with Crippen LogP contribution < -0.4 is 25.4 Å². The van der Waals surface area contributed by atoms with Crippen LogP contribution in [0.4, 0.5) is 0 Å². The van der Waals surface area contributed by atoms with Crippen LogP contribution in [-0.4, -0.2) is 50.8 Å². The Morgan fingerprint density at radius 1 is 1.15 bits per heavy atom. The van der Waals surface area contributed by atoms with Gasteiger partial charge >= 0.3 is 0 Å². The van der Waals surface area contributed by atoms with Gasteiger partial charge in [0, 0.05) is 25.6 Å². The lowest BCUT2D eigenvalue weighted by Crippen LogP contribution is -2.42. The summed E-state index contributed by atoms with van der Waals surface area (Å²) in [6.07, 6.45) is 1.94. The molecule has 3 N–H and O–H groups in total.